The van der Waals surface area contributed by atoms with Crippen LogP contribution < -0.4 is 15.4 Å². The number of ether oxygens (including phenoxy) is 1. The molecule has 0 saturated heterocycles. The summed E-state index contributed by atoms with van der Waals surface area (Å²) in [6.07, 6.45) is -4.70. The number of imidazole rings is 1. The molecule has 0 saturated carbocycles. The number of hydrogen-bond acceptors (Lipinski definition) is 7. The number of rotatable bonds is 9. The van der Waals surface area contributed by atoms with Crippen molar-refractivity contribution in [2.75, 3.05) is 19.7 Å². The predicted molar refractivity (Wildman–Crippen MR) is 134 cm³/mol. The summed E-state index contributed by atoms with van der Waals surface area (Å²) in [5.74, 6) is -2.21. The SMILES string of the molecule is CC(C)(C)c1ccc(OCC(=O)NCCNC(=O)c2nc(Cn3c(C(F)(F)F)nc4ccccc43)no2)cc1. The Morgan fingerprint density at radius 3 is 2.36 bits per heavy atom. The molecule has 0 unspecified atom stereocenters. The first-order chi connectivity index (χ1) is 18.4. The van der Waals surface area contributed by atoms with Crippen LogP contribution in [0.2, 0.25) is 0 Å². The van der Waals surface area contributed by atoms with Gasteiger partial charge in [0.2, 0.25) is 5.82 Å². The van der Waals surface area contributed by atoms with Crippen molar-refractivity contribution in [1.29, 1.82) is 0 Å². The molecule has 0 spiro atoms. The molecule has 0 atom stereocenters. The van der Waals surface area contributed by atoms with Crippen LogP contribution in [0.15, 0.2) is 53.1 Å². The molecule has 39 heavy (non-hydrogen) atoms. The van der Waals surface area contributed by atoms with Crippen molar-refractivity contribution in [1.82, 2.24) is 30.3 Å². The Bertz CT molecular complexity index is 1460. The van der Waals surface area contributed by atoms with Gasteiger partial charge in [-0.3, -0.25) is 9.59 Å². The van der Waals surface area contributed by atoms with Gasteiger partial charge in [0.25, 0.3) is 5.91 Å². The van der Waals surface area contributed by atoms with Gasteiger partial charge in [-0.1, -0.05) is 50.2 Å². The molecule has 10 nitrogen and oxygen atoms in total. The maximum absolute atomic E-state index is 13.5. The summed E-state index contributed by atoms with van der Waals surface area (Å²) in [6, 6.07) is 13.6. The molecule has 0 aliphatic carbocycles. The minimum absolute atomic E-state index is 0.00865. The van der Waals surface area contributed by atoms with Gasteiger partial charge in [0.05, 0.1) is 17.6 Å². The summed E-state index contributed by atoms with van der Waals surface area (Å²) in [5.41, 5.74) is 1.55. The zero-order valence-electron chi connectivity index (χ0n) is 21.5. The Morgan fingerprint density at radius 1 is 0.974 bits per heavy atom. The third-order valence-electron chi connectivity index (χ3n) is 5.69. The molecular formula is C26H27F3N6O4. The quantitative estimate of drug-likeness (QED) is 0.308. The van der Waals surface area contributed by atoms with Gasteiger partial charge in [-0.15, -0.1) is 0 Å². The van der Waals surface area contributed by atoms with E-state index in [2.05, 4.69) is 46.5 Å². The van der Waals surface area contributed by atoms with E-state index in [0.29, 0.717) is 5.75 Å². The highest BCUT2D eigenvalue weighted by Crippen LogP contribution is 2.31. The highest BCUT2D eigenvalue weighted by molar-refractivity contribution is 5.89. The lowest BCUT2D eigenvalue weighted by Gasteiger charge is -2.19. The smallest absolute Gasteiger partial charge is 0.449 e. The topological polar surface area (TPSA) is 124 Å². The van der Waals surface area contributed by atoms with Crippen LogP contribution in [0.5, 0.6) is 5.75 Å². The average Bonchev–Trinajstić information content (AvgIpc) is 3.50. The van der Waals surface area contributed by atoms with E-state index < -0.39 is 30.3 Å². The number of carbonyl (C=O) groups excluding carboxylic acids is 2. The Balaban J connectivity index is 1.24. The maximum atomic E-state index is 13.5. The summed E-state index contributed by atoms with van der Waals surface area (Å²) >= 11 is 0. The molecule has 2 N–H and O–H groups in total. The lowest BCUT2D eigenvalue weighted by Crippen LogP contribution is -2.36. The molecule has 4 rings (SSSR count). The van der Waals surface area contributed by atoms with E-state index >= 15 is 0 Å². The van der Waals surface area contributed by atoms with E-state index in [1.807, 2.05) is 12.1 Å². The van der Waals surface area contributed by atoms with Crippen LogP contribution >= 0.6 is 0 Å². The van der Waals surface area contributed by atoms with Crippen molar-refractivity contribution in [2.45, 2.75) is 38.9 Å². The number of carbonyl (C=O) groups is 2. The normalized spacial score (nSPS) is 11.9. The maximum Gasteiger partial charge on any atom is 0.449 e. The zero-order valence-corrected chi connectivity index (χ0v) is 21.5. The summed E-state index contributed by atoms with van der Waals surface area (Å²) < 4.78 is 51.8. The third kappa shape index (κ3) is 6.92. The number of benzene rings is 2. The molecule has 0 radical (unpaired) electrons. The average molecular weight is 545 g/mol. The molecule has 0 aliphatic heterocycles. The van der Waals surface area contributed by atoms with Crippen LogP contribution in [0.4, 0.5) is 13.2 Å². The molecular weight excluding hydrogens is 517 g/mol. The number of fused-ring (bicyclic) bond motifs is 1. The Hall–Kier alpha value is -4.42. The second-order valence-corrected chi connectivity index (χ2v) is 9.69. The van der Waals surface area contributed by atoms with Gasteiger partial charge in [-0.25, -0.2) is 4.98 Å². The molecule has 2 amide bonds. The summed E-state index contributed by atoms with van der Waals surface area (Å²) in [5, 5.41) is 8.72. The number of para-hydroxylation sites is 2. The van der Waals surface area contributed by atoms with Gasteiger partial charge in [0.1, 0.15) is 5.75 Å². The Labute approximate surface area is 221 Å². The largest absolute Gasteiger partial charge is 0.484 e. The molecule has 0 fully saturated rings. The van der Waals surface area contributed by atoms with Crippen LogP contribution in [-0.4, -0.2) is 51.2 Å². The highest BCUT2D eigenvalue weighted by atomic mass is 19.4. The first-order valence-electron chi connectivity index (χ1n) is 12.0. The van der Waals surface area contributed by atoms with Crippen LogP contribution in [0.25, 0.3) is 11.0 Å². The Morgan fingerprint density at radius 2 is 1.67 bits per heavy atom. The molecule has 0 bridgehead atoms. The second-order valence-electron chi connectivity index (χ2n) is 9.69. The first-order valence-corrected chi connectivity index (χ1v) is 12.0. The van der Waals surface area contributed by atoms with Crippen molar-refractivity contribution >= 4 is 22.8 Å². The molecule has 2 heterocycles. The number of alkyl halides is 3. The Kier molecular flexibility index (Phi) is 7.88. The van der Waals surface area contributed by atoms with E-state index in [-0.39, 0.29) is 47.9 Å². The minimum Gasteiger partial charge on any atom is -0.484 e. The van der Waals surface area contributed by atoms with E-state index in [1.165, 1.54) is 12.1 Å². The van der Waals surface area contributed by atoms with E-state index in [4.69, 9.17) is 9.26 Å². The van der Waals surface area contributed by atoms with Gasteiger partial charge >= 0.3 is 18.0 Å². The van der Waals surface area contributed by atoms with Gasteiger partial charge in [0, 0.05) is 13.1 Å². The zero-order chi connectivity index (χ0) is 28.2. The van der Waals surface area contributed by atoms with Crippen molar-refractivity contribution in [3.05, 3.63) is 71.6 Å². The number of amides is 2. The summed E-state index contributed by atoms with van der Waals surface area (Å²) in [7, 11) is 0. The van der Waals surface area contributed by atoms with Crippen LogP contribution in [0.1, 0.15) is 48.7 Å². The van der Waals surface area contributed by atoms with Crippen molar-refractivity contribution < 1.29 is 32.0 Å². The molecule has 13 heteroatoms. The van der Waals surface area contributed by atoms with E-state index in [0.717, 1.165) is 10.1 Å². The van der Waals surface area contributed by atoms with Gasteiger partial charge in [-0.05, 0) is 35.2 Å². The molecule has 2 aromatic carbocycles. The van der Waals surface area contributed by atoms with E-state index in [1.54, 1.807) is 24.3 Å². The van der Waals surface area contributed by atoms with E-state index in [9.17, 15) is 22.8 Å². The number of nitrogens with one attached hydrogen (secondary N) is 2. The van der Waals surface area contributed by atoms with Crippen LogP contribution in [-0.2, 0) is 22.9 Å². The summed E-state index contributed by atoms with van der Waals surface area (Å²) in [4.78, 5) is 31.9. The predicted octanol–water partition coefficient (Wildman–Crippen LogP) is 3.71. The fourth-order valence-electron chi connectivity index (χ4n) is 3.71. The van der Waals surface area contributed by atoms with Gasteiger partial charge in [-0.2, -0.15) is 18.2 Å². The number of halogens is 3. The molecule has 206 valence electrons. The highest BCUT2D eigenvalue weighted by Gasteiger charge is 2.38. The first kappa shape index (κ1) is 27.6. The van der Waals surface area contributed by atoms with Gasteiger partial charge < -0.3 is 24.5 Å². The van der Waals surface area contributed by atoms with Crippen LogP contribution in [0, 0.1) is 0 Å². The van der Waals surface area contributed by atoms with Crippen molar-refractivity contribution in [3.8, 4) is 5.75 Å². The standard InChI is InChI=1S/C26H27F3N6O4/c1-25(2,3)16-8-10-17(11-9-16)38-15-21(36)30-12-13-31-22(37)23-33-20(34-39-23)14-35-19-7-5-4-6-18(19)32-24(35)26(27,28)29/h4-11H,12-15H2,1-3H3,(H,30,36)(H,31,37). The van der Waals surface area contributed by atoms with Crippen LogP contribution in [0.3, 0.4) is 0 Å². The van der Waals surface area contributed by atoms with Gasteiger partial charge in [0.15, 0.2) is 12.4 Å². The summed E-state index contributed by atoms with van der Waals surface area (Å²) in [6.45, 7) is 5.86. The number of nitrogens with zero attached hydrogens (tertiary/aromatic N) is 4. The molecule has 2 aromatic heterocycles. The number of aromatic nitrogens is 4. The van der Waals surface area contributed by atoms with Crippen molar-refractivity contribution in [2.24, 2.45) is 0 Å². The number of hydrogen-bond donors (Lipinski definition) is 2. The monoisotopic (exact) mass is 544 g/mol. The van der Waals surface area contributed by atoms with Crippen molar-refractivity contribution in [3.63, 3.8) is 0 Å². The lowest BCUT2D eigenvalue weighted by atomic mass is 9.87. The molecule has 0 aliphatic rings. The fraction of sp³-hybridized carbons (Fsp3) is 0.346. The lowest BCUT2D eigenvalue weighted by molar-refractivity contribution is -0.146. The second kappa shape index (κ2) is 11.1. The molecule has 4 aromatic rings. The third-order valence-corrected chi connectivity index (χ3v) is 5.69. The minimum atomic E-state index is -4.70. The fourth-order valence-corrected chi connectivity index (χ4v) is 3.71.